The van der Waals surface area contributed by atoms with Crippen LogP contribution in [0.3, 0.4) is 0 Å². The monoisotopic (exact) mass is 227 g/mol. The second-order valence-corrected chi connectivity index (χ2v) is 5.74. The smallest absolute Gasteiger partial charge is 0.303 e. The van der Waals surface area contributed by atoms with Gasteiger partial charge >= 0.3 is 5.97 Å². The van der Waals surface area contributed by atoms with E-state index in [-0.39, 0.29) is 0 Å². The van der Waals surface area contributed by atoms with Gasteiger partial charge in [-0.2, -0.15) is 0 Å². The molecule has 0 amide bonds. The molecule has 1 rings (SSSR count). The van der Waals surface area contributed by atoms with Gasteiger partial charge in [0.2, 0.25) is 0 Å². The zero-order valence-corrected chi connectivity index (χ0v) is 10.6. The molecular formula is C13H25NO2. The van der Waals surface area contributed by atoms with Crippen LogP contribution >= 0.6 is 0 Å². The zero-order chi connectivity index (χ0) is 12.0. The predicted molar refractivity (Wildman–Crippen MR) is 65.5 cm³/mol. The van der Waals surface area contributed by atoms with Gasteiger partial charge in [0, 0.05) is 12.5 Å². The van der Waals surface area contributed by atoms with Gasteiger partial charge in [0.15, 0.2) is 0 Å². The Kier molecular flexibility index (Phi) is 5.26. The van der Waals surface area contributed by atoms with E-state index in [1.807, 2.05) is 0 Å². The van der Waals surface area contributed by atoms with Gasteiger partial charge in [-0.25, -0.2) is 0 Å². The van der Waals surface area contributed by atoms with Crippen LogP contribution in [0.15, 0.2) is 0 Å². The number of aliphatic carboxylic acids is 1. The summed E-state index contributed by atoms with van der Waals surface area (Å²) in [5.41, 5.74) is 0.529. The van der Waals surface area contributed by atoms with Gasteiger partial charge in [0.1, 0.15) is 0 Å². The fraction of sp³-hybridized carbons (Fsp3) is 0.923. The normalized spacial score (nSPS) is 20.9. The van der Waals surface area contributed by atoms with Crippen molar-refractivity contribution < 1.29 is 9.90 Å². The van der Waals surface area contributed by atoms with E-state index in [1.54, 1.807) is 0 Å². The lowest BCUT2D eigenvalue weighted by molar-refractivity contribution is -0.137. The van der Waals surface area contributed by atoms with Gasteiger partial charge in [-0.1, -0.05) is 13.8 Å². The number of carboxylic acid groups (broad SMARTS) is 1. The molecular weight excluding hydrogens is 202 g/mol. The zero-order valence-electron chi connectivity index (χ0n) is 10.6. The Labute approximate surface area is 98.6 Å². The van der Waals surface area contributed by atoms with Crippen LogP contribution in [0.5, 0.6) is 0 Å². The topological polar surface area (TPSA) is 49.3 Å². The third-order valence-electron chi connectivity index (χ3n) is 3.59. The van der Waals surface area contributed by atoms with Crippen LogP contribution in [0.1, 0.15) is 58.8 Å². The summed E-state index contributed by atoms with van der Waals surface area (Å²) in [5.74, 6) is -0.681. The van der Waals surface area contributed by atoms with Crippen LogP contribution in [0, 0.1) is 5.41 Å². The fourth-order valence-electron chi connectivity index (χ4n) is 2.31. The van der Waals surface area contributed by atoms with Crippen molar-refractivity contribution in [3.8, 4) is 0 Å². The van der Waals surface area contributed by atoms with Crippen LogP contribution in [-0.2, 0) is 4.79 Å². The summed E-state index contributed by atoms with van der Waals surface area (Å²) in [6.07, 6.45) is 7.23. The first-order valence-electron chi connectivity index (χ1n) is 6.45. The molecule has 0 saturated heterocycles. The molecule has 0 aliphatic heterocycles. The maximum Gasteiger partial charge on any atom is 0.303 e. The molecule has 94 valence electrons. The van der Waals surface area contributed by atoms with Gasteiger partial charge in [-0.05, 0) is 50.5 Å². The van der Waals surface area contributed by atoms with Crippen LogP contribution in [0.25, 0.3) is 0 Å². The van der Waals surface area contributed by atoms with Crippen molar-refractivity contribution in [2.24, 2.45) is 5.41 Å². The standard InChI is InChI=1S/C13H25NO2/c1-13(2)8-6-11(7-9-13)14-10-4-3-5-12(15)16/h11,14H,3-10H2,1-2H3,(H,15,16). The number of carbonyl (C=O) groups is 1. The minimum Gasteiger partial charge on any atom is -0.481 e. The second-order valence-electron chi connectivity index (χ2n) is 5.74. The first-order chi connectivity index (χ1) is 7.49. The summed E-state index contributed by atoms with van der Waals surface area (Å²) < 4.78 is 0. The highest BCUT2D eigenvalue weighted by molar-refractivity contribution is 5.66. The van der Waals surface area contributed by atoms with E-state index in [0.717, 1.165) is 19.4 Å². The largest absolute Gasteiger partial charge is 0.481 e. The van der Waals surface area contributed by atoms with Crippen molar-refractivity contribution in [1.82, 2.24) is 5.32 Å². The molecule has 0 aromatic rings. The molecule has 1 aliphatic rings. The summed E-state index contributed by atoms with van der Waals surface area (Å²) in [6.45, 7) is 5.66. The average molecular weight is 227 g/mol. The summed E-state index contributed by atoms with van der Waals surface area (Å²) in [6, 6.07) is 0.665. The summed E-state index contributed by atoms with van der Waals surface area (Å²) in [4.78, 5) is 10.3. The summed E-state index contributed by atoms with van der Waals surface area (Å²) >= 11 is 0. The van der Waals surface area contributed by atoms with Crippen molar-refractivity contribution in [3.63, 3.8) is 0 Å². The van der Waals surface area contributed by atoms with Crippen molar-refractivity contribution >= 4 is 5.97 Å². The molecule has 0 aromatic heterocycles. The highest BCUT2D eigenvalue weighted by atomic mass is 16.4. The first kappa shape index (κ1) is 13.5. The molecule has 0 unspecified atom stereocenters. The molecule has 0 bridgehead atoms. The first-order valence-corrected chi connectivity index (χ1v) is 6.45. The van der Waals surface area contributed by atoms with E-state index in [0.29, 0.717) is 17.9 Å². The maximum absolute atomic E-state index is 10.3. The SMILES string of the molecule is CC1(C)CCC(NCCCCC(=O)O)CC1. The molecule has 1 saturated carbocycles. The van der Waals surface area contributed by atoms with Crippen LogP contribution in [0.2, 0.25) is 0 Å². The Morgan fingerprint density at radius 2 is 1.94 bits per heavy atom. The van der Waals surface area contributed by atoms with E-state index in [1.165, 1.54) is 25.7 Å². The molecule has 0 aromatic carbocycles. The quantitative estimate of drug-likeness (QED) is 0.686. The van der Waals surface area contributed by atoms with Crippen molar-refractivity contribution in [2.45, 2.75) is 64.8 Å². The maximum atomic E-state index is 10.3. The molecule has 0 spiro atoms. The highest BCUT2D eigenvalue weighted by Gasteiger charge is 2.26. The number of rotatable bonds is 6. The Morgan fingerprint density at radius 3 is 2.50 bits per heavy atom. The molecule has 1 aliphatic carbocycles. The molecule has 2 N–H and O–H groups in total. The Balaban J connectivity index is 2.00. The predicted octanol–water partition coefficient (Wildman–Crippen LogP) is 2.80. The minimum atomic E-state index is -0.681. The number of hydrogen-bond donors (Lipinski definition) is 2. The molecule has 1 fully saturated rings. The van der Waals surface area contributed by atoms with Crippen molar-refractivity contribution in [3.05, 3.63) is 0 Å². The Bertz CT molecular complexity index is 216. The second kappa shape index (κ2) is 6.24. The van der Waals surface area contributed by atoms with Crippen LogP contribution in [0.4, 0.5) is 0 Å². The molecule has 16 heavy (non-hydrogen) atoms. The fourth-order valence-corrected chi connectivity index (χ4v) is 2.31. The van der Waals surface area contributed by atoms with Crippen molar-refractivity contribution in [2.75, 3.05) is 6.54 Å². The van der Waals surface area contributed by atoms with Gasteiger partial charge in [0.25, 0.3) is 0 Å². The third-order valence-corrected chi connectivity index (χ3v) is 3.59. The lowest BCUT2D eigenvalue weighted by Crippen LogP contribution is -2.36. The van der Waals surface area contributed by atoms with Gasteiger partial charge in [-0.3, -0.25) is 4.79 Å². The highest BCUT2D eigenvalue weighted by Crippen LogP contribution is 2.34. The molecule has 0 radical (unpaired) electrons. The Hall–Kier alpha value is -0.570. The molecule has 3 nitrogen and oxygen atoms in total. The van der Waals surface area contributed by atoms with E-state index in [4.69, 9.17) is 5.11 Å². The van der Waals surface area contributed by atoms with E-state index in [9.17, 15) is 4.79 Å². The van der Waals surface area contributed by atoms with Crippen LogP contribution in [-0.4, -0.2) is 23.7 Å². The molecule has 3 heteroatoms. The lowest BCUT2D eigenvalue weighted by atomic mass is 9.75. The number of hydrogen-bond acceptors (Lipinski definition) is 2. The van der Waals surface area contributed by atoms with E-state index < -0.39 is 5.97 Å². The molecule has 0 heterocycles. The van der Waals surface area contributed by atoms with Crippen molar-refractivity contribution in [1.29, 1.82) is 0 Å². The minimum absolute atomic E-state index is 0.305. The number of unbranched alkanes of at least 4 members (excludes halogenated alkanes) is 1. The van der Waals surface area contributed by atoms with E-state index in [2.05, 4.69) is 19.2 Å². The summed E-state index contributed by atoms with van der Waals surface area (Å²) in [7, 11) is 0. The number of carboxylic acids is 1. The summed E-state index contributed by atoms with van der Waals surface area (Å²) in [5, 5.41) is 12.0. The van der Waals surface area contributed by atoms with Crippen LogP contribution < -0.4 is 5.32 Å². The average Bonchev–Trinajstić information content (AvgIpc) is 2.19. The Morgan fingerprint density at radius 1 is 1.31 bits per heavy atom. The molecule has 0 atom stereocenters. The van der Waals surface area contributed by atoms with Gasteiger partial charge in [-0.15, -0.1) is 0 Å². The third kappa shape index (κ3) is 5.50. The van der Waals surface area contributed by atoms with Gasteiger partial charge < -0.3 is 10.4 Å². The van der Waals surface area contributed by atoms with E-state index >= 15 is 0 Å². The number of nitrogens with one attached hydrogen (secondary N) is 1. The lowest BCUT2D eigenvalue weighted by Gasteiger charge is -2.34. The van der Waals surface area contributed by atoms with Gasteiger partial charge in [0.05, 0.1) is 0 Å².